The Balaban J connectivity index is 2.07. The number of benzene rings is 1. The lowest BCUT2D eigenvalue weighted by Crippen LogP contribution is -2.13. The van der Waals surface area contributed by atoms with E-state index in [9.17, 15) is 4.79 Å². The Hall–Kier alpha value is -2.95. The van der Waals surface area contributed by atoms with Gasteiger partial charge < -0.3 is 5.73 Å². The van der Waals surface area contributed by atoms with Crippen LogP contribution in [0.25, 0.3) is 5.69 Å². The fraction of sp³-hybridized carbons (Fsp3) is 0. The van der Waals surface area contributed by atoms with Gasteiger partial charge in [0.05, 0.1) is 17.6 Å². The van der Waals surface area contributed by atoms with Gasteiger partial charge in [0.1, 0.15) is 11.4 Å². The summed E-state index contributed by atoms with van der Waals surface area (Å²) in [6.07, 6.45) is 3.13. The first-order valence-electron chi connectivity index (χ1n) is 6.12. The van der Waals surface area contributed by atoms with Crippen LogP contribution in [0.4, 0.5) is 5.69 Å². The SMILES string of the molecule is Nc1cccnc1C(=O)c1ccnn1-c1ccccc1. The van der Waals surface area contributed by atoms with Gasteiger partial charge in [-0.2, -0.15) is 5.10 Å². The molecule has 2 N–H and O–H groups in total. The molecule has 3 aromatic rings. The summed E-state index contributed by atoms with van der Waals surface area (Å²) in [6.45, 7) is 0. The zero-order valence-corrected chi connectivity index (χ0v) is 10.6. The molecule has 5 heteroatoms. The minimum atomic E-state index is -0.246. The number of nitrogens with zero attached hydrogens (tertiary/aromatic N) is 3. The highest BCUT2D eigenvalue weighted by molar-refractivity contribution is 6.09. The fourth-order valence-electron chi connectivity index (χ4n) is 1.98. The van der Waals surface area contributed by atoms with E-state index in [4.69, 9.17) is 5.73 Å². The van der Waals surface area contributed by atoms with Crippen LogP contribution in [-0.2, 0) is 0 Å². The Labute approximate surface area is 115 Å². The Morgan fingerprint density at radius 1 is 1.00 bits per heavy atom. The van der Waals surface area contributed by atoms with E-state index in [1.54, 1.807) is 35.3 Å². The fourth-order valence-corrected chi connectivity index (χ4v) is 1.98. The van der Waals surface area contributed by atoms with Crippen molar-refractivity contribution < 1.29 is 4.79 Å². The molecule has 0 aliphatic heterocycles. The number of rotatable bonds is 3. The third kappa shape index (κ3) is 2.05. The second kappa shape index (κ2) is 4.97. The minimum absolute atomic E-state index is 0.241. The molecule has 0 spiro atoms. The molecule has 5 nitrogen and oxygen atoms in total. The van der Waals surface area contributed by atoms with Crippen LogP contribution >= 0.6 is 0 Å². The zero-order chi connectivity index (χ0) is 13.9. The second-order valence-electron chi connectivity index (χ2n) is 4.23. The molecule has 20 heavy (non-hydrogen) atoms. The molecule has 2 aromatic heterocycles. The van der Waals surface area contributed by atoms with Crippen LogP contribution in [0, 0.1) is 0 Å². The van der Waals surface area contributed by atoms with Crippen molar-refractivity contribution in [2.75, 3.05) is 5.73 Å². The number of anilines is 1. The lowest BCUT2D eigenvalue weighted by molar-refractivity contribution is 0.102. The quantitative estimate of drug-likeness (QED) is 0.735. The summed E-state index contributed by atoms with van der Waals surface area (Å²) < 4.78 is 1.58. The van der Waals surface area contributed by atoms with Crippen molar-refractivity contribution in [2.24, 2.45) is 0 Å². The van der Waals surface area contributed by atoms with Crippen LogP contribution in [0.15, 0.2) is 60.9 Å². The monoisotopic (exact) mass is 264 g/mol. The van der Waals surface area contributed by atoms with Gasteiger partial charge in [0.2, 0.25) is 5.78 Å². The lowest BCUT2D eigenvalue weighted by Gasteiger charge is -2.07. The van der Waals surface area contributed by atoms with Gasteiger partial charge in [0, 0.05) is 6.20 Å². The van der Waals surface area contributed by atoms with Crippen molar-refractivity contribution in [3.63, 3.8) is 0 Å². The lowest BCUT2D eigenvalue weighted by atomic mass is 10.1. The Kier molecular flexibility index (Phi) is 3.01. The molecule has 98 valence electrons. The molecule has 2 heterocycles. The van der Waals surface area contributed by atoms with Gasteiger partial charge in [0.25, 0.3) is 0 Å². The first-order valence-corrected chi connectivity index (χ1v) is 6.12. The second-order valence-corrected chi connectivity index (χ2v) is 4.23. The van der Waals surface area contributed by atoms with Gasteiger partial charge >= 0.3 is 0 Å². The van der Waals surface area contributed by atoms with E-state index in [1.165, 1.54) is 0 Å². The molecule has 0 bridgehead atoms. The Morgan fingerprint density at radius 3 is 2.55 bits per heavy atom. The van der Waals surface area contributed by atoms with Crippen molar-refractivity contribution in [1.29, 1.82) is 0 Å². The number of hydrogen-bond donors (Lipinski definition) is 1. The van der Waals surface area contributed by atoms with E-state index in [-0.39, 0.29) is 11.5 Å². The average molecular weight is 264 g/mol. The number of pyridine rings is 1. The van der Waals surface area contributed by atoms with E-state index in [0.717, 1.165) is 5.69 Å². The average Bonchev–Trinajstić information content (AvgIpc) is 2.97. The summed E-state index contributed by atoms with van der Waals surface area (Å²) >= 11 is 0. The minimum Gasteiger partial charge on any atom is -0.397 e. The molecule has 1 aromatic carbocycles. The summed E-state index contributed by atoms with van der Waals surface area (Å²) in [6, 6.07) is 14.5. The molecule has 0 radical (unpaired) electrons. The predicted molar refractivity (Wildman–Crippen MR) is 75.6 cm³/mol. The van der Waals surface area contributed by atoms with E-state index < -0.39 is 0 Å². The van der Waals surface area contributed by atoms with Crippen molar-refractivity contribution in [3.8, 4) is 5.69 Å². The molecule has 0 atom stereocenters. The predicted octanol–water partition coefficient (Wildman–Crippen LogP) is 2.08. The van der Waals surface area contributed by atoms with Crippen LogP contribution in [0.2, 0.25) is 0 Å². The number of nitrogens with two attached hydrogens (primary N) is 1. The van der Waals surface area contributed by atoms with Crippen molar-refractivity contribution in [3.05, 3.63) is 72.3 Å². The number of aromatic nitrogens is 3. The van der Waals surface area contributed by atoms with Gasteiger partial charge in [-0.05, 0) is 30.3 Å². The number of para-hydroxylation sites is 1. The highest BCUT2D eigenvalue weighted by Gasteiger charge is 2.18. The summed E-state index contributed by atoms with van der Waals surface area (Å²) in [5, 5.41) is 4.19. The molecular formula is C15H12N4O. The summed E-state index contributed by atoms with van der Waals surface area (Å²) in [4.78, 5) is 16.6. The first-order chi connectivity index (χ1) is 9.77. The molecule has 0 saturated heterocycles. The van der Waals surface area contributed by atoms with Crippen molar-refractivity contribution >= 4 is 11.5 Å². The molecule has 0 saturated carbocycles. The standard InChI is InChI=1S/C15H12N4O/c16-12-7-4-9-17-14(12)15(20)13-8-10-18-19(13)11-5-2-1-3-6-11/h1-10H,16H2. The maximum Gasteiger partial charge on any atom is 0.231 e. The summed E-state index contributed by atoms with van der Waals surface area (Å²) in [7, 11) is 0. The molecule has 0 unspecified atom stereocenters. The van der Waals surface area contributed by atoms with Crippen molar-refractivity contribution in [2.45, 2.75) is 0 Å². The molecule has 3 rings (SSSR count). The Morgan fingerprint density at radius 2 is 1.80 bits per heavy atom. The zero-order valence-electron chi connectivity index (χ0n) is 10.6. The van der Waals surface area contributed by atoms with Gasteiger partial charge in [-0.15, -0.1) is 0 Å². The topological polar surface area (TPSA) is 73.8 Å². The third-order valence-electron chi connectivity index (χ3n) is 2.93. The van der Waals surface area contributed by atoms with Crippen LogP contribution in [0.1, 0.15) is 16.2 Å². The molecule has 0 fully saturated rings. The van der Waals surface area contributed by atoms with E-state index in [2.05, 4.69) is 10.1 Å². The number of carbonyl (C=O) groups excluding carboxylic acids is 1. The van der Waals surface area contributed by atoms with Crippen molar-refractivity contribution in [1.82, 2.24) is 14.8 Å². The van der Waals surface area contributed by atoms with E-state index >= 15 is 0 Å². The number of hydrogen-bond acceptors (Lipinski definition) is 4. The highest BCUT2D eigenvalue weighted by Crippen LogP contribution is 2.16. The van der Waals surface area contributed by atoms with Crippen LogP contribution in [-0.4, -0.2) is 20.5 Å². The number of carbonyl (C=O) groups is 1. The van der Waals surface area contributed by atoms with Crippen LogP contribution < -0.4 is 5.73 Å². The summed E-state index contributed by atoms with van der Waals surface area (Å²) in [5.74, 6) is -0.246. The first kappa shape index (κ1) is 12.1. The van der Waals surface area contributed by atoms with Crippen LogP contribution in [0.5, 0.6) is 0 Å². The molecule has 0 aliphatic rings. The summed E-state index contributed by atoms with van der Waals surface area (Å²) in [5.41, 5.74) is 7.65. The normalized spacial score (nSPS) is 10.4. The smallest absolute Gasteiger partial charge is 0.231 e. The van der Waals surface area contributed by atoms with Gasteiger partial charge in [-0.25, -0.2) is 4.68 Å². The third-order valence-corrected chi connectivity index (χ3v) is 2.93. The maximum absolute atomic E-state index is 12.5. The number of ketones is 1. The number of nitrogen functional groups attached to an aromatic ring is 1. The largest absolute Gasteiger partial charge is 0.397 e. The van der Waals surface area contributed by atoms with E-state index in [0.29, 0.717) is 11.4 Å². The molecule has 0 amide bonds. The van der Waals surface area contributed by atoms with E-state index in [1.807, 2.05) is 30.3 Å². The van der Waals surface area contributed by atoms with Gasteiger partial charge in [-0.3, -0.25) is 9.78 Å². The molecular weight excluding hydrogens is 252 g/mol. The molecule has 0 aliphatic carbocycles. The van der Waals surface area contributed by atoms with Crippen LogP contribution in [0.3, 0.4) is 0 Å². The maximum atomic E-state index is 12.5. The Bertz CT molecular complexity index is 749. The van der Waals surface area contributed by atoms with Gasteiger partial charge in [-0.1, -0.05) is 18.2 Å². The highest BCUT2D eigenvalue weighted by atomic mass is 16.1. The van der Waals surface area contributed by atoms with Gasteiger partial charge in [0.15, 0.2) is 0 Å².